The van der Waals surface area contributed by atoms with E-state index in [4.69, 9.17) is 9.47 Å². The van der Waals surface area contributed by atoms with Gasteiger partial charge in [-0.05, 0) is 30.7 Å². The average Bonchev–Trinajstić information content (AvgIpc) is 3.06. The normalized spacial score (nSPS) is 28.9. The van der Waals surface area contributed by atoms with Crippen LogP contribution in [0.2, 0.25) is 0 Å². The van der Waals surface area contributed by atoms with Crippen LogP contribution in [0.25, 0.3) is 0 Å². The van der Waals surface area contributed by atoms with Gasteiger partial charge in [-0.25, -0.2) is 9.69 Å². The van der Waals surface area contributed by atoms with Crippen LogP contribution in [0.4, 0.5) is 4.79 Å². The fourth-order valence-electron chi connectivity index (χ4n) is 5.41. The van der Waals surface area contributed by atoms with E-state index < -0.39 is 47.7 Å². The number of benzene rings is 1. The fourth-order valence-corrected chi connectivity index (χ4v) is 5.41. The van der Waals surface area contributed by atoms with E-state index >= 15 is 0 Å². The van der Waals surface area contributed by atoms with Gasteiger partial charge in [0.2, 0.25) is 5.91 Å². The molecule has 2 aliphatic carbocycles. The van der Waals surface area contributed by atoms with Gasteiger partial charge in [-0.2, -0.15) is 0 Å². The van der Waals surface area contributed by atoms with Crippen LogP contribution in [0.1, 0.15) is 38.2 Å². The molecule has 32 heavy (non-hydrogen) atoms. The van der Waals surface area contributed by atoms with Gasteiger partial charge in [-0.3, -0.25) is 14.4 Å². The summed E-state index contributed by atoms with van der Waals surface area (Å²) in [6, 6.07) is 8.27. The second kappa shape index (κ2) is 9.14. The maximum absolute atomic E-state index is 13.4. The number of amides is 2. The summed E-state index contributed by atoms with van der Waals surface area (Å²) in [6.45, 7) is 1.04. The number of rotatable bonds is 5. The topological polar surface area (TPSA) is 110 Å². The zero-order chi connectivity index (χ0) is 22.8. The standard InChI is InChI=1S/C24H27NO7/c1-14(26)31-13-19-18-11-16-9-5-6-10-17(16)21(23(28)29)20(18)22(27)25(19)24(30)32-12-15-7-3-2-4-8-15/h2-4,7-8,11,17-21H,5-6,9-10,12-13H2,1H3,(H,28,29)/t17-,18-,19+,20+,21-/m0/s1. The first kappa shape index (κ1) is 22.0. The lowest BCUT2D eigenvalue weighted by Crippen LogP contribution is -2.43. The number of nitrogens with zero attached hydrogens (tertiary/aromatic N) is 1. The number of ether oxygens (including phenoxy) is 2. The van der Waals surface area contributed by atoms with Crippen molar-refractivity contribution >= 4 is 23.9 Å². The number of esters is 1. The van der Waals surface area contributed by atoms with Crippen molar-refractivity contribution in [3.8, 4) is 0 Å². The lowest BCUT2D eigenvalue weighted by atomic mass is 9.63. The summed E-state index contributed by atoms with van der Waals surface area (Å²) in [5.74, 6) is -4.66. The van der Waals surface area contributed by atoms with Gasteiger partial charge in [-0.1, -0.05) is 48.4 Å². The lowest BCUT2D eigenvalue weighted by molar-refractivity contribution is -0.150. The maximum Gasteiger partial charge on any atom is 0.417 e. The molecule has 1 saturated carbocycles. The Morgan fingerprint density at radius 1 is 1.12 bits per heavy atom. The molecule has 5 atom stereocenters. The van der Waals surface area contributed by atoms with Crippen LogP contribution < -0.4 is 0 Å². The highest BCUT2D eigenvalue weighted by Crippen LogP contribution is 2.50. The largest absolute Gasteiger partial charge is 0.481 e. The number of imide groups is 1. The molecule has 170 valence electrons. The Labute approximate surface area is 186 Å². The number of aliphatic carboxylic acids is 1. The van der Waals surface area contributed by atoms with Gasteiger partial charge in [0.1, 0.15) is 13.2 Å². The van der Waals surface area contributed by atoms with Crippen molar-refractivity contribution in [2.24, 2.45) is 23.7 Å². The minimum absolute atomic E-state index is 0.0227. The highest BCUT2D eigenvalue weighted by molar-refractivity contribution is 5.98. The molecule has 1 saturated heterocycles. The Balaban J connectivity index is 1.64. The van der Waals surface area contributed by atoms with E-state index in [2.05, 4.69) is 0 Å². The van der Waals surface area contributed by atoms with Crippen LogP contribution in [0.15, 0.2) is 42.0 Å². The summed E-state index contributed by atoms with van der Waals surface area (Å²) >= 11 is 0. The molecule has 0 spiro atoms. The molecule has 2 fully saturated rings. The van der Waals surface area contributed by atoms with Gasteiger partial charge < -0.3 is 14.6 Å². The van der Waals surface area contributed by atoms with Gasteiger partial charge in [-0.15, -0.1) is 0 Å². The number of allylic oxidation sites excluding steroid dienone is 1. The van der Waals surface area contributed by atoms with Gasteiger partial charge in [0, 0.05) is 12.8 Å². The molecule has 0 bridgehead atoms. The Morgan fingerprint density at radius 3 is 2.56 bits per heavy atom. The third-order valence-electron chi connectivity index (χ3n) is 6.79. The van der Waals surface area contributed by atoms with Gasteiger partial charge in [0.25, 0.3) is 0 Å². The van der Waals surface area contributed by atoms with Crippen molar-refractivity contribution in [3.05, 3.63) is 47.5 Å². The summed E-state index contributed by atoms with van der Waals surface area (Å²) in [7, 11) is 0. The van der Waals surface area contributed by atoms with E-state index in [1.54, 1.807) is 12.1 Å². The van der Waals surface area contributed by atoms with Crippen LogP contribution in [-0.4, -0.2) is 46.6 Å². The predicted molar refractivity (Wildman–Crippen MR) is 112 cm³/mol. The summed E-state index contributed by atoms with van der Waals surface area (Å²) in [4.78, 5) is 51.1. The molecule has 1 aromatic carbocycles. The minimum atomic E-state index is -1.03. The zero-order valence-electron chi connectivity index (χ0n) is 17.9. The van der Waals surface area contributed by atoms with Crippen LogP contribution in [-0.2, 0) is 30.5 Å². The summed E-state index contributed by atoms with van der Waals surface area (Å²) in [5, 5.41) is 10.0. The van der Waals surface area contributed by atoms with Crippen LogP contribution in [0.5, 0.6) is 0 Å². The van der Waals surface area contributed by atoms with Crippen LogP contribution >= 0.6 is 0 Å². The molecular formula is C24H27NO7. The molecule has 1 heterocycles. The first-order valence-corrected chi connectivity index (χ1v) is 11.0. The third kappa shape index (κ3) is 4.13. The first-order valence-electron chi connectivity index (χ1n) is 11.0. The first-order chi connectivity index (χ1) is 15.4. The highest BCUT2D eigenvalue weighted by atomic mass is 16.6. The van der Waals surface area contributed by atoms with Crippen molar-refractivity contribution in [3.63, 3.8) is 0 Å². The molecule has 0 unspecified atom stereocenters. The summed E-state index contributed by atoms with van der Waals surface area (Å²) in [5.41, 5.74) is 1.79. The number of carboxylic acid groups (broad SMARTS) is 1. The number of carbonyl (C=O) groups excluding carboxylic acids is 3. The monoisotopic (exact) mass is 441 g/mol. The molecule has 1 aromatic rings. The number of fused-ring (bicyclic) bond motifs is 2. The zero-order valence-corrected chi connectivity index (χ0v) is 17.9. The number of carboxylic acids is 1. The predicted octanol–water partition coefficient (Wildman–Crippen LogP) is 3.16. The number of hydrogen-bond acceptors (Lipinski definition) is 6. The summed E-state index contributed by atoms with van der Waals surface area (Å²) < 4.78 is 10.6. The summed E-state index contributed by atoms with van der Waals surface area (Å²) in [6.07, 6.45) is 4.49. The van der Waals surface area contributed by atoms with E-state index in [9.17, 15) is 24.3 Å². The molecule has 0 radical (unpaired) electrons. The molecular weight excluding hydrogens is 414 g/mol. The van der Waals surface area contributed by atoms with Gasteiger partial charge >= 0.3 is 18.0 Å². The van der Waals surface area contributed by atoms with Gasteiger partial charge in [0.15, 0.2) is 0 Å². The number of likely N-dealkylation sites (tertiary alicyclic amines) is 1. The second-order valence-electron chi connectivity index (χ2n) is 8.68. The van der Waals surface area contributed by atoms with Crippen molar-refractivity contribution in [2.45, 2.75) is 45.3 Å². The lowest BCUT2D eigenvalue weighted by Gasteiger charge is -2.39. The van der Waals surface area contributed by atoms with E-state index in [1.165, 1.54) is 6.92 Å². The van der Waals surface area contributed by atoms with E-state index in [1.807, 2.05) is 24.3 Å². The van der Waals surface area contributed by atoms with E-state index in [0.29, 0.717) is 6.42 Å². The smallest absolute Gasteiger partial charge is 0.417 e. The van der Waals surface area contributed by atoms with Crippen molar-refractivity contribution in [2.75, 3.05) is 6.61 Å². The molecule has 8 heteroatoms. The molecule has 3 aliphatic rings. The Morgan fingerprint density at radius 2 is 1.88 bits per heavy atom. The molecule has 2 amide bonds. The minimum Gasteiger partial charge on any atom is -0.481 e. The number of carbonyl (C=O) groups is 4. The van der Waals surface area contributed by atoms with Gasteiger partial charge in [0.05, 0.1) is 17.9 Å². The average molecular weight is 441 g/mol. The van der Waals surface area contributed by atoms with E-state index in [-0.39, 0.29) is 19.1 Å². The molecule has 0 aromatic heterocycles. The Kier molecular flexibility index (Phi) is 6.30. The Bertz CT molecular complexity index is 941. The SMILES string of the molecule is CC(=O)OC[C@@H]1[C@@H]2C=C3CCCC[C@@H]3[C@H](C(=O)O)[C@@H]2C(=O)N1C(=O)OCc1ccccc1. The molecule has 1 N–H and O–H groups in total. The van der Waals surface area contributed by atoms with Crippen molar-refractivity contribution in [1.29, 1.82) is 0 Å². The van der Waals surface area contributed by atoms with E-state index in [0.717, 1.165) is 35.3 Å². The maximum atomic E-state index is 13.4. The second-order valence-corrected chi connectivity index (χ2v) is 8.68. The van der Waals surface area contributed by atoms with Crippen molar-refractivity contribution < 1.29 is 33.8 Å². The molecule has 4 rings (SSSR count). The third-order valence-corrected chi connectivity index (χ3v) is 6.79. The molecule has 8 nitrogen and oxygen atoms in total. The Hall–Kier alpha value is -3.16. The fraction of sp³-hybridized carbons (Fsp3) is 0.500. The van der Waals surface area contributed by atoms with Crippen molar-refractivity contribution in [1.82, 2.24) is 4.90 Å². The van der Waals surface area contributed by atoms with Crippen LogP contribution in [0.3, 0.4) is 0 Å². The van der Waals surface area contributed by atoms with Crippen LogP contribution in [0, 0.1) is 23.7 Å². The highest BCUT2D eigenvalue weighted by Gasteiger charge is 2.59. The number of hydrogen-bond donors (Lipinski definition) is 1. The molecule has 1 aliphatic heterocycles. The quantitative estimate of drug-likeness (QED) is 0.552.